The van der Waals surface area contributed by atoms with Gasteiger partial charge in [0.2, 0.25) is 0 Å². The number of rotatable bonds is 5. The summed E-state index contributed by atoms with van der Waals surface area (Å²) in [5.41, 5.74) is 3.25. The first-order valence-corrected chi connectivity index (χ1v) is 10.5. The smallest absolute Gasteiger partial charge is 0.261 e. The van der Waals surface area contributed by atoms with Crippen molar-refractivity contribution < 1.29 is 13.2 Å². The molecule has 0 bridgehead atoms. The van der Waals surface area contributed by atoms with E-state index in [9.17, 15) is 8.42 Å². The number of hydrogen-bond donors (Lipinski definition) is 1. The monoisotopic (exact) mass is 399 g/mol. The van der Waals surface area contributed by atoms with Gasteiger partial charge >= 0.3 is 0 Å². The van der Waals surface area contributed by atoms with E-state index in [1.54, 1.807) is 35.6 Å². The van der Waals surface area contributed by atoms with Gasteiger partial charge in [0, 0.05) is 28.5 Å². The lowest BCUT2D eigenvalue weighted by Gasteiger charge is -2.09. The molecule has 0 radical (unpaired) electrons. The number of benzene rings is 2. The molecule has 8 heteroatoms. The zero-order chi connectivity index (χ0) is 19.0. The predicted octanol–water partition coefficient (Wildman–Crippen LogP) is 4.18. The van der Waals surface area contributed by atoms with Gasteiger partial charge < -0.3 is 4.74 Å². The fourth-order valence-corrected chi connectivity index (χ4v) is 4.64. The molecule has 2 aromatic carbocycles. The van der Waals surface area contributed by atoms with Crippen molar-refractivity contribution in [3.63, 3.8) is 0 Å². The summed E-state index contributed by atoms with van der Waals surface area (Å²) in [5, 5.41) is 2.05. The van der Waals surface area contributed by atoms with Crippen LogP contribution in [0.15, 0.2) is 65.0 Å². The molecule has 0 fully saturated rings. The fraction of sp³-hybridized carbons (Fsp3) is 0.105. The molecule has 0 aliphatic heterocycles. The van der Waals surface area contributed by atoms with Crippen LogP contribution in [0.25, 0.3) is 16.2 Å². The Kier molecular flexibility index (Phi) is 4.37. The van der Waals surface area contributed by atoms with E-state index in [2.05, 4.69) is 9.71 Å². The van der Waals surface area contributed by atoms with Gasteiger partial charge in [0.15, 0.2) is 4.96 Å². The Labute approximate surface area is 161 Å². The minimum Gasteiger partial charge on any atom is -0.497 e. The van der Waals surface area contributed by atoms with Crippen LogP contribution >= 0.6 is 11.3 Å². The summed E-state index contributed by atoms with van der Waals surface area (Å²) in [6, 6.07) is 13.5. The van der Waals surface area contributed by atoms with Gasteiger partial charge in [0.25, 0.3) is 10.0 Å². The van der Waals surface area contributed by atoms with E-state index in [1.165, 1.54) is 19.2 Å². The minimum absolute atomic E-state index is 0.173. The number of thiazole rings is 1. The molecule has 0 atom stereocenters. The molecule has 0 unspecified atom stereocenters. The van der Waals surface area contributed by atoms with Crippen molar-refractivity contribution in [3.05, 3.63) is 65.8 Å². The van der Waals surface area contributed by atoms with Crippen LogP contribution in [0.2, 0.25) is 0 Å². The second-order valence-corrected chi connectivity index (χ2v) is 8.54. The molecule has 27 heavy (non-hydrogen) atoms. The van der Waals surface area contributed by atoms with Crippen molar-refractivity contribution in [2.75, 3.05) is 11.8 Å². The van der Waals surface area contributed by atoms with E-state index < -0.39 is 10.0 Å². The van der Waals surface area contributed by atoms with Crippen molar-refractivity contribution in [2.45, 2.75) is 11.8 Å². The van der Waals surface area contributed by atoms with Crippen LogP contribution in [0.3, 0.4) is 0 Å². The molecule has 0 saturated carbocycles. The average molecular weight is 399 g/mol. The van der Waals surface area contributed by atoms with Crippen LogP contribution in [0, 0.1) is 6.92 Å². The minimum atomic E-state index is -3.69. The van der Waals surface area contributed by atoms with Gasteiger partial charge in [-0.15, -0.1) is 11.3 Å². The van der Waals surface area contributed by atoms with E-state index in [-0.39, 0.29) is 4.90 Å². The molecule has 0 aliphatic rings. The summed E-state index contributed by atoms with van der Waals surface area (Å²) in [7, 11) is -2.15. The lowest BCUT2D eigenvalue weighted by molar-refractivity contribution is 0.414. The molecular weight excluding hydrogens is 382 g/mol. The molecule has 4 aromatic rings. The van der Waals surface area contributed by atoms with Crippen LogP contribution in [0.1, 0.15) is 5.69 Å². The molecule has 0 saturated heterocycles. The summed E-state index contributed by atoms with van der Waals surface area (Å²) in [6.07, 6.45) is 1.96. The normalized spacial score (nSPS) is 11.6. The molecule has 4 rings (SSSR count). The predicted molar refractivity (Wildman–Crippen MR) is 107 cm³/mol. The number of methoxy groups -OCH3 is 1. The largest absolute Gasteiger partial charge is 0.497 e. The Bertz CT molecular complexity index is 1210. The lowest BCUT2D eigenvalue weighted by atomic mass is 10.1. The Hall–Kier alpha value is -2.84. The Morgan fingerprint density at radius 2 is 1.93 bits per heavy atom. The number of hydrogen-bond acceptors (Lipinski definition) is 5. The molecule has 138 valence electrons. The topological polar surface area (TPSA) is 72.7 Å². The lowest BCUT2D eigenvalue weighted by Crippen LogP contribution is -2.12. The zero-order valence-electron chi connectivity index (χ0n) is 14.7. The first kappa shape index (κ1) is 17.6. The highest BCUT2D eigenvalue weighted by atomic mass is 32.2. The number of nitrogens with one attached hydrogen (secondary N) is 1. The van der Waals surface area contributed by atoms with Crippen molar-refractivity contribution in [1.29, 1.82) is 0 Å². The Morgan fingerprint density at radius 3 is 2.63 bits per heavy atom. The molecule has 0 amide bonds. The van der Waals surface area contributed by atoms with Crippen molar-refractivity contribution in [3.8, 4) is 17.0 Å². The Balaban J connectivity index is 1.63. The average Bonchev–Trinajstić information content (AvgIpc) is 3.24. The third kappa shape index (κ3) is 3.41. The number of fused-ring (bicyclic) bond motifs is 1. The second kappa shape index (κ2) is 6.71. The van der Waals surface area contributed by atoms with E-state index >= 15 is 0 Å². The number of sulfonamides is 1. The van der Waals surface area contributed by atoms with Crippen LogP contribution in [0.4, 0.5) is 5.69 Å². The third-order valence-electron chi connectivity index (χ3n) is 4.17. The highest BCUT2D eigenvalue weighted by molar-refractivity contribution is 7.92. The molecule has 6 nitrogen and oxygen atoms in total. The van der Waals surface area contributed by atoms with Gasteiger partial charge in [-0.25, -0.2) is 13.4 Å². The zero-order valence-corrected chi connectivity index (χ0v) is 16.3. The maximum absolute atomic E-state index is 12.6. The SMILES string of the molecule is COc1ccc(S(=O)(=O)Nc2cccc(-c3cn4c(C)csc4n3)c2)cc1. The number of anilines is 1. The summed E-state index contributed by atoms with van der Waals surface area (Å²) < 4.78 is 35.0. The van der Waals surface area contributed by atoms with Crippen LogP contribution in [-0.2, 0) is 10.0 Å². The quantitative estimate of drug-likeness (QED) is 0.546. The highest BCUT2D eigenvalue weighted by Crippen LogP contribution is 2.26. The molecular formula is C19H17N3O3S2. The molecule has 0 spiro atoms. The first-order chi connectivity index (χ1) is 13.0. The molecule has 2 heterocycles. The number of ether oxygens (including phenoxy) is 1. The maximum Gasteiger partial charge on any atom is 0.261 e. The van der Waals surface area contributed by atoms with Gasteiger partial charge in [0.05, 0.1) is 17.7 Å². The summed E-state index contributed by atoms with van der Waals surface area (Å²) >= 11 is 1.57. The van der Waals surface area contributed by atoms with E-state index in [0.29, 0.717) is 11.4 Å². The van der Waals surface area contributed by atoms with Crippen LogP contribution < -0.4 is 9.46 Å². The summed E-state index contributed by atoms with van der Waals surface area (Å²) in [6.45, 7) is 2.02. The fourth-order valence-electron chi connectivity index (χ4n) is 2.74. The summed E-state index contributed by atoms with van der Waals surface area (Å²) in [4.78, 5) is 5.69. The van der Waals surface area contributed by atoms with Crippen molar-refractivity contribution in [1.82, 2.24) is 9.38 Å². The second-order valence-electron chi connectivity index (χ2n) is 6.02. The molecule has 2 aromatic heterocycles. The molecule has 0 aliphatic carbocycles. The highest BCUT2D eigenvalue weighted by Gasteiger charge is 2.15. The number of nitrogens with zero attached hydrogens (tertiary/aromatic N) is 2. The first-order valence-electron chi connectivity index (χ1n) is 8.17. The third-order valence-corrected chi connectivity index (χ3v) is 6.52. The van der Waals surface area contributed by atoms with Gasteiger partial charge in [-0.05, 0) is 43.3 Å². The maximum atomic E-state index is 12.6. The van der Waals surface area contributed by atoms with Crippen molar-refractivity contribution >= 4 is 32.0 Å². The van der Waals surface area contributed by atoms with E-state index in [4.69, 9.17) is 4.74 Å². The molecule has 1 N–H and O–H groups in total. The van der Waals surface area contributed by atoms with Gasteiger partial charge in [-0.2, -0.15) is 0 Å². The Morgan fingerprint density at radius 1 is 1.15 bits per heavy atom. The van der Waals surface area contributed by atoms with Crippen LogP contribution in [0.5, 0.6) is 5.75 Å². The summed E-state index contributed by atoms with van der Waals surface area (Å²) in [5.74, 6) is 0.603. The van der Waals surface area contributed by atoms with E-state index in [0.717, 1.165) is 21.9 Å². The number of imidazole rings is 1. The standard InChI is InChI=1S/C19H17N3O3S2/c1-13-12-26-19-20-18(11-22(13)19)14-4-3-5-15(10-14)21-27(23,24)17-8-6-16(25-2)7-9-17/h3-12,21H,1-2H3. The van der Waals surface area contributed by atoms with Crippen LogP contribution in [-0.4, -0.2) is 24.9 Å². The van der Waals surface area contributed by atoms with Gasteiger partial charge in [-0.1, -0.05) is 12.1 Å². The van der Waals surface area contributed by atoms with Crippen molar-refractivity contribution in [2.24, 2.45) is 0 Å². The van der Waals surface area contributed by atoms with E-state index in [1.807, 2.05) is 35.0 Å². The van der Waals surface area contributed by atoms with Gasteiger partial charge in [0.1, 0.15) is 5.75 Å². The number of aryl methyl sites for hydroxylation is 1. The number of aromatic nitrogens is 2. The van der Waals surface area contributed by atoms with Gasteiger partial charge in [-0.3, -0.25) is 9.12 Å².